The molecule has 1 aromatic rings. The van der Waals surface area contributed by atoms with E-state index in [1.54, 1.807) is 7.11 Å². The number of morpholine rings is 1. The van der Waals surface area contributed by atoms with Gasteiger partial charge in [0.25, 0.3) is 0 Å². The van der Waals surface area contributed by atoms with E-state index in [9.17, 15) is 5.11 Å². The first-order valence-electron chi connectivity index (χ1n) is 6.56. The van der Waals surface area contributed by atoms with E-state index in [4.69, 9.17) is 15.2 Å². The van der Waals surface area contributed by atoms with E-state index in [1.165, 1.54) is 0 Å². The van der Waals surface area contributed by atoms with Gasteiger partial charge in [0.2, 0.25) is 0 Å². The highest BCUT2D eigenvalue weighted by atomic mass is 16.5. The Bertz CT molecular complexity index is 425. The smallest absolute Gasteiger partial charge is 0.120 e. The van der Waals surface area contributed by atoms with E-state index in [0.29, 0.717) is 13.1 Å². The van der Waals surface area contributed by atoms with Gasteiger partial charge < -0.3 is 25.2 Å². The first-order chi connectivity index (χ1) is 9.17. The molecule has 2 atom stereocenters. The summed E-state index contributed by atoms with van der Waals surface area (Å²) in [7, 11) is 1.65. The molecule has 0 amide bonds. The van der Waals surface area contributed by atoms with E-state index in [-0.39, 0.29) is 18.8 Å². The third-order valence-corrected chi connectivity index (χ3v) is 3.38. The molecule has 1 heterocycles. The second kappa shape index (κ2) is 6.23. The maximum Gasteiger partial charge on any atom is 0.120 e. The van der Waals surface area contributed by atoms with Gasteiger partial charge in [0.1, 0.15) is 5.75 Å². The molecule has 3 N–H and O–H groups in total. The Balaban J connectivity index is 2.28. The summed E-state index contributed by atoms with van der Waals surface area (Å²) in [6, 6.07) is 5.90. The summed E-state index contributed by atoms with van der Waals surface area (Å²) in [6.07, 6.45) is -0.0664. The summed E-state index contributed by atoms with van der Waals surface area (Å²) in [5.41, 5.74) is 7.94. The molecule has 2 rings (SSSR count). The van der Waals surface area contributed by atoms with Crippen molar-refractivity contribution in [2.45, 2.75) is 25.7 Å². The van der Waals surface area contributed by atoms with Crippen LogP contribution in [0.2, 0.25) is 0 Å². The van der Waals surface area contributed by atoms with Gasteiger partial charge in [0.05, 0.1) is 25.9 Å². The van der Waals surface area contributed by atoms with Gasteiger partial charge in [-0.3, -0.25) is 0 Å². The van der Waals surface area contributed by atoms with Gasteiger partial charge in [0, 0.05) is 31.4 Å². The Hall–Kier alpha value is -1.30. The van der Waals surface area contributed by atoms with Crippen LogP contribution in [-0.4, -0.2) is 44.1 Å². The van der Waals surface area contributed by atoms with E-state index in [0.717, 1.165) is 23.5 Å². The number of nitrogens with zero attached hydrogens (tertiary/aromatic N) is 1. The van der Waals surface area contributed by atoms with Crippen molar-refractivity contribution in [3.63, 3.8) is 0 Å². The zero-order valence-corrected chi connectivity index (χ0v) is 11.5. The first-order valence-corrected chi connectivity index (χ1v) is 6.56. The fourth-order valence-electron chi connectivity index (χ4n) is 2.48. The van der Waals surface area contributed by atoms with Crippen LogP contribution in [0.5, 0.6) is 5.75 Å². The maximum atomic E-state index is 9.30. The van der Waals surface area contributed by atoms with Crippen LogP contribution in [0.3, 0.4) is 0 Å². The third kappa shape index (κ3) is 3.18. The van der Waals surface area contributed by atoms with E-state index < -0.39 is 0 Å². The number of ether oxygens (including phenoxy) is 2. The Morgan fingerprint density at radius 3 is 2.89 bits per heavy atom. The average molecular weight is 266 g/mol. The van der Waals surface area contributed by atoms with Crippen molar-refractivity contribution < 1.29 is 14.6 Å². The van der Waals surface area contributed by atoms with Gasteiger partial charge in [-0.05, 0) is 18.6 Å². The van der Waals surface area contributed by atoms with Crippen molar-refractivity contribution in [2.24, 2.45) is 5.73 Å². The fourth-order valence-corrected chi connectivity index (χ4v) is 2.48. The number of hydrogen-bond acceptors (Lipinski definition) is 5. The van der Waals surface area contributed by atoms with E-state index >= 15 is 0 Å². The Morgan fingerprint density at radius 2 is 2.26 bits per heavy atom. The minimum atomic E-state index is -0.152. The topological polar surface area (TPSA) is 68.0 Å². The van der Waals surface area contributed by atoms with Crippen LogP contribution in [0, 0.1) is 0 Å². The number of hydrogen-bond donors (Lipinski definition) is 2. The maximum absolute atomic E-state index is 9.30. The lowest BCUT2D eigenvalue weighted by molar-refractivity contribution is -0.0421. The number of aliphatic hydroxyl groups excluding tert-OH is 1. The van der Waals surface area contributed by atoms with Crippen molar-refractivity contribution in [2.75, 3.05) is 31.7 Å². The Morgan fingerprint density at radius 1 is 1.47 bits per heavy atom. The quantitative estimate of drug-likeness (QED) is 0.841. The van der Waals surface area contributed by atoms with E-state index in [1.807, 2.05) is 25.1 Å². The summed E-state index contributed by atoms with van der Waals surface area (Å²) in [4.78, 5) is 2.21. The molecule has 5 nitrogen and oxygen atoms in total. The molecule has 2 unspecified atom stereocenters. The van der Waals surface area contributed by atoms with Gasteiger partial charge in [0.15, 0.2) is 0 Å². The molecule has 5 heteroatoms. The highest BCUT2D eigenvalue weighted by Gasteiger charge is 2.26. The number of anilines is 1. The van der Waals surface area contributed by atoms with Crippen molar-refractivity contribution in [3.8, 4) is 5.75 Å². The highest BCUT2D eigenvalue weighted by molar-refractivity contribution is 5.57. The third-order valence-electron chi connectivity index (χ3n) is 3.38. The van der Waals surface area contributed by atoms with Crippen molar-refractivity contribution in [1.29, 1.82) is 0 Å². The number of benzene rings is 1. The molecule has 1 saturated heterocycles. The molecule has 0 aromatic heterocycles. The van der Waals surface area contributed by atoms with Crippen LogP contribution in [0.15, 0.2) is 18.2 Å². The molecule has 19 heavy (non-hydrogen) atoms. The average Bonchev–Trinajstić information content (AvgIpc) is 2.45. The summed E-state index contributed by atoms with van der Waals surface area (Å²) >= 11 is 0. The van der Waals surface area contributed by atoms with Gasteiger partial charge in [-0.1, -0.05) is 6.07 Å². The summed E-state index contributed by atoms with van der Waals surface area (Å²) in [5.74, 6) is 0.812. The predicted octanol–water partition coefficient (Wildman–Crippen LogP) is 0.740. The van der Waals surface area contributed by atoms with Crippen LogP contribution in [0.25, 0.3) is 0 Å². The SMILES string of the molecule is COc1ccc(CN)c(N2CC(C)OC(CO)C2)c1. The second-order valence-corrected chi connectivity index (χ2v) is 4.86. The van der Waals surface area contributed by atoms with Crippen molar-refractivity contribution in [1.82, 2.24) is 0 Å². The van der Waals surface area contributed by atoms with Crippen LogP contribution < -0.4 is 15.4 Å². The predicted molar refractivity (Wildman–Crippen MR) is 74.5 cm³/mol. The lowest BCUT2D eigenvalue weighted by Gasteiger charge is -2.38. The van der Waals surface area contributed by atoms with Gasteiger partial charge in [-0.15, -0.1) is 0 Å². The van der Waals surface area contributed by atoms with Gasteiger partial charge in [-0.2, -0.15) is 0 Å². The van der Waals surface area contributed by atoms with Crippen LogP contribution in [0.1, 0.15) is 12.5 Å². The van der Waals surface area contributed by atoms with Crippen molar-refractivity contribution in [3.05, 3.63) is 23.8 Å². The number of methoxy groups -OCH3 is 1. The highest BCUT2D eigenvalue weighted by Crippen LogP contribution is 2.28. The molecular weight excluding hydrogens is 244 g/mol. The molecule has 0 saturated carbocycles. The normalized spacial score (nSPS) is 23.5. The Kier molecular flexibility index (Phi) is 4.63. The monoisotopic (exact) mass is 266 g/mol. The minimum absolute atomic E-state index is 0.0305. The molecule has 106 valence electrons. The lowest BCUT2D eigenvalue weighted by atomic mass is 10.1. The summed E-state index contributed by atoms with van der Waals surface area (Å²) in [5, 5.41) is 9.30. The Labute approximate surface area is 113 Å². The summed E-state index contributed by atoms with van der Waals surface area (Å²) < 4.78 is 10.9. The van der Waals surface area contributed by atoms with E-state index in [2.05, 4.69) is 4.90 Å². The fraction of sp³-hybridized carbons (Fsp3) is 0.571. The van der Waals surface area contributed by atoms with Crippen LogP contribution >= 0.6 is 0 Å². The molecule has 1 aliphatic heterocycles. The van der Waals surface area contributed by atoms with Crippen LogP contribution in [0.4, 0.5) is 5.69 Å². The van der Waals surface area contributed by atoms with Crippen molar-refractivity contribution >= 4 is 5.69 Å². The lowest BCUT2D eigenvalue weighted by Crippen LogP contribution is -2.48. The molecule has 0 spiro atoms. The molecule has 1 fully saturated rings. The van der Waals surface area contributed by atoms with Gasteiger partial charge >= 0.3 is 0 Å². The second-order valence-electron chi connectivity index (χ2n) is 4.86. The molecule has 1 aromatic carbocycles. The number of aliphatic hydroxyl groups is 1. The molecule has 1 aliphatic rings. The zero-order chi connectivity index (χ0) is 13.8. The molecule has 0 bridgehead atoms. The summed E-state index contributed by atoms with van der Waals surface area (Å²) in [6.45, 7) is 3.98. The molecule has 0 aliphatic carbocycles. The minimum Gasteiger partial charge on any atom is -0.497 e. The molecule has 0 radical (unpaired) electrons. The van der Waals surface area contributed by atoms with Crippen LogP contribution in [-0.2, 0) is 11.3 Å². The largest absolute Gasteiger partial charge is 0.497 e. The van der Waals surface area contributed by atoms with Gasteiger partial charge in [-0.25, -0.2) is 0 Å². The first kappa shape index (κ1) is 14.1. The number of rotatable bonds is 4. The zero-order valence-electron chi connectivity index (χ0n) is 11.5. The number of nitrogens with two attached hydrogens (primary N) is 1. The standard InChI is InChI=1S/C14H22N2O3/c1-10-7-16(8-13(9-17)19-10)14-5-12(18-2)4-3-11(14)6-15/h3-5,10,13,17H,6-9,15H2,1-2H3. The molecular formula is C14H22N2O3.